The van der Waals surface area contributed by atoms with Gasteiger partial charge >= 0.3 is 0 Å². The summed E-state index contributed by atoms with van der Waals surface area (Å²) in [6.07, 6.45) is 9.28. The van der Waals surface area contributed by atoms with Crippen LogP contribution in [0.5, 0.6) is 0 Å². The first-order valence-electron chi connectivity index (χ1n) is 15.4. The van der Waals surface area contributed by atoms with Gasteiger partial charge in [0, 0.05) is 24.8 Å². The normalized spacial score (nSPS) is 21.4. The molecule has 0 N–H and O–H groups in total. The molecule has 6 heteroatoms. The van der Waals surface area contributed by atoms with Crippen molar-refractivity contribution >= 4 is 15.5 Å². The van der Waals surface area contributed by atoms with E-state index in [1.807, 2.05) is 18.2 Å². The summed E-state index contributed by atoms with van der Waals surface area (Å²) in [5.41, 5.74) is 1.98. The van der Waals surface area contributed by atoms with Gasteiger partial charge in [0.2, 0.25) is 9.84 Å². The maximum Gasteiger partial charge on any atom is 0.206 e. The van der Waals surface area contributed by atoms with Gasteiger partial charge in [-0.1, -0.05) is 61.4 Å². The fourth-order valence-electron chi connectivity index (χ4n) is 7.93. The molecule has 1 saturated carbocycles. The Morgan fingerprint density at radius 2 is 1.20 bits per heavy atom. The molecule has 3 aliphatic rings. The zero-order chi connectivity index (χ0) is 28.3. The lowest BCUT2D eigenvalue weighted by molar-refractivity contribution is 0.0795. The highest BCUT2D eigenvalue weighted by Crippen LogP contribution is 2.50. The van der Waals surface area contributed by atoms with Gasteiger partial charge in [-0.25, -0.2) is 8.42 Å². The summed E-state index contributed by atoms with van der Waals surface area (Å²) in [6.45, 7) is 4.10. The Balaban J connectivity index is 1.07. The Hall–Kier alpha value is -3.14. The zero-order valence-electron chi connectivity index (χ0n) is 23.9. The van der Waals surface area contributed by atoms with Crippen molar-refractivity contribution in [2.24, 2.45) is 11.8 Å². The van der Waals surface area contributed by atoms with E-state index >= 15 is 0 Å². The van der Waals surface area contributed by atoms with E-state index in [1.54, 1.807) is 36.4 Å². The van der Waals surface area contributed by atoms with Gasteiger partial charge < -0.3 is 9.80 Å². The van der Waals surface area contributed by atoms with Gasteiger partial charge in [-0.3, -0.25) is 0 Å². The van der Waals surface area contributed by atoms with Crippen LogP contribution >= 0.6 is 0 Å². The highest BCUT2D eigenvalue weighted by molar-refractivity contribution is 7.91. The topological polar surface area (TPSA) is 64.4 Å². The van der Waals surface area contributed by atoms with Crippen molar-refractivity contribution in [2.75, 3.05) is 31.1 Å². The van der Waals surface area contributed by atoms with Crippen LogP contribution in [0.15, 0.2) is 94.7 Å². The summed E-state index contributed by atoms with van der Waals surface area (Å²) in [5.74, 6) is 0.892. The maximum absolute atomic E-state index is 13.0. The SMILES string of the molecule is N#CC(c1ccccc1)(C1CCCC1)C1CCN(C2CCN(c3ccc(S(=O)(=O)c4ccccc4)cc3)CC2)CC1. The van der Waals surface area contributed by atoms with Crippen LogP contribution in [0.2, 0.25) is 0 Å². The molecule has 2 heterocycles. The van der Waals surface area contributed by atoms with E-state index in [9.17, 15) is 13.7 Å². The number of hydrogen-bond acceptors (Lipinski definition) is 5. The van der Waals surface area contributed by atoms with Crippen molar-refractivity contribution in [1.82, 2.24) is 4.90 Å². The van der Waals surface area contributed by atoms with Crippen molar-refractivity contribution in [2.45, 2.75) is 72.6 Å². The number of nitrogens with zero attached hydrogens (tertiary/aromatic N) is 3. The van der Waals surface area contributed by atoms with Gasteiger partial charge in [0.25, 0.3) is 0 Å². The summed E-state index contributed by atoms with van der Waals surface area (Å²) >= 11 is 0. The Bertz CT molecular complexity index is 1430. The van der Waals surface area contributed by atoms with E-state index in [1.165, 1.54) is 31.2 Å². The Kier molecular flexibility index (Phi) is 8.19. The highest BCUT2D eigenvalue weighted by atomic mass is 32.2. The predicted octanol–water partition coefficient (Wildman–Crippen LogP) is 6.85. The molecule has 0 amide bonds. The Labute approximate surface area is 245 Å². The third-order valence-electron chi connectivity index (χ3n) is 10.2. The fraction of sp³-hybridized carbons (Fsp3) is 0.457. The predicted molar refractivity (Wildman–Crippen MR) is 164 cm³/mol. The minimum Gasteiger partial charge on any atom is -0.371 e. The van der Waals surface area contributed by atoms with Gasteiger partial charge in [-0.15, -0.1) is 0 Å². The number of piperidine rings is 2. The molecule has 2 aliphatic heterocycles. The zero-order valence-corrected chi connectivity index (χ0v) is 24.7. The summed E-state index contributed by atoms with van der Waals surface area (Å²) in [7, 11) is -3.50. The summed E-state index contributed by atoms with van der Waals surface area (Å²) in [5, 5.41) is 10.7. The standard InChI is InChI=1S/C35H41N3O2S/c36-27-35(29-11-7-8-12-29,28-9-3-1-4-10-28)30-19-23-37(24-20-30)32-21-25-38(26-22-32)31-15-17-34(18-16-31)41(39,40)33-13-5-2-6-14-33/h1-6,9-10,13-18,29-30,32H,7-8,11-12,19-26H2. The number of benzene rings is 3. The number of anilines is 1. The fourth-order valence-corrected chi connectivity index (χ4v) is 9.21. The van der Waals surface area contributed by atoms with Crippen LogP contribution in [0.4, 0.5) is 5.69 Å². The molecule has 3 fully saturated rings. The van der Waals surface area contributed by atoms with E-state index in [0.717, 1.165) is 57.5 Å². The van der Waals surface area contributed by atoms with Crippen LogP contribution in [0.25, 0.3) is 0 Å². The van der Waals surface area contributed by atoms with Gasteiger partial charge in [0.05, 0.1) is 21.3 Å². The van der Waals surface area contributed by atoms with E-state index in [0.29, 0.717) is 27.7 Å². The van der Waals surface area contributed by atoms with Gasteiger partial charge in [-0.2, -0.15) is 5.26 Å². The lowest BCUT2D eigenvalue weighted by Gasteiger charge is -2.47. The number of hydrogen-bond donors (Lipinski definition) is 0. The van der Waals surface area contributed by atoms with Crippen molar-refractivity contribution in [3.63, 3.8) is 0 Å². The molecule has 2 saturated heterocycles. The third kappa shape index (κ3) is 5.43. The molecule has 0 spiro atoms. The third-order valence-corrected chi connectivity index (χ3v) is 11.9. The molecule has 214 valence electrons. The van der Waals surface area contributed by atoms with Gasteiger partial charge in [0.1, 0.15) is 0 Å². The second-order valence-electron chi connectivity index (χ2n) is 12.2. The summed E-state index contributed by atoms with van der Waals surface area (Å²) in [4.78, 5) is 5.74. The molecule has 41 heavy (non-hydrogen) atoms. The molecule has 5 nitrogen and oxygen atoms in total. The van der Waals surface area contributed by atoms with Crippen molar-refractivity contribution < 1.29 is 8.42 Å². The van der Waals surface area contributed by atoms with E-state index in [2.05, 4.69) is 46.2 Å². The highest BCUT2D eigenvalue weighted by Gasteiger charge is 2.49. The van der Waals surface area contributed by atoms with E-state index in [-0.39, 0.29) is 5.41 Å². The van der Waals surface area contributed by atoms with Gasteiger partial charge in [0.15, 0.2) is 0 Å². The maximum atomic E-state index is 13.0. The molecule has 3 aromatic rings. The summed E-state index contributed by atoms with van der Waals surface area (Å²) in [6, 6.07) is 30.2. The molecule has 0 aromatic heterocycles. The summed E-state index contributed by atoms with van der Waals surface area (Å²) < 4.78 is 25.9. The number of sulfone groups is 1. The first-order valence-corrected chi connectivity index (χ1v) is 16.9. The Morgan fingerprint density at radius 1 is 0.659 bits per heavy atom. The average Bonchev–Trinajstić information content (AvgIpc) is 3.59. The number of rotatable bonds is 7. The quantitative estimate of drug-likeness (QED) is 0.312. The van der Waals surface area contributed by atoms with Gasteiger partial charge in [-0.05, 0) is 105 Å². The van der Waals surface area contributed by atoms with Crippen molar-refractivity contribution in [1.29, 1.82) is 5.26 Å². The van der Waals surface area contributed by atoms with E-state index in [4.69, 9.17) is 0 Å². The molecule has 0 radical (unpaired) electrons. The second-order valence-corrected chi connectivity index (χ2v) is 14.1. The molecular weight excluding hydrogens is 526 g/mol. The average molecular weight is 568 g/mol. The molecule has 6 rings (SSSR count). The molecule has 1 atom stereocenters. The van der Waals surface area contributed by atoms with Crippen molar-refractivity contribution in [3.8, 4) is 6.07 Å². The largest absolute Gasteiger partial charge is 0.371 e. The minimum absolute atomic E-state index is 0.330. The van der Waals surface area contributed by atoms with Crippen LogP contribution in [-0.4, -0.2) is 45.5 Å². The lowest BCUT2D eigenvalue weighted by atomic mass is 9.60. The smallest absolute Gasteiger partial charge is 0.206 e. The van der Waals surface area contributed by atoms with Crippen LogP contribution in [-0.2, 0) is 15.3 Å². The van der Waals surface area contributed by atoms with Crippen LogP contribution in [0.3, 0.4) is 0 Å². The number of likely N-dealkylation sites (tertiary alicyclic amines) is 1. The Morgan fingerprint density at radius 3 is 1.78 bits per heavy atom. The van der Waals surface area contributed by atoms with Crippen molar-refractivity contribution in [3.05, 3.63) is 90.5 Å². The molecule has 1 aliphatic carbocycles. The molecule has 0 bridgehead atoms. The first-order chi connectivity index (χ1) is 20.0. The van der Waals surface area contributed by atoms with Crippen LogP contribution in [0, 0.1) is 23.2 Å². The first kappa shape index (κ1) is 28.0. The minimum atomic E-state index is -3.50. The monoisotopic (exact) mass is 567 g/mol. The van der Waals surface area contributed by atoms with Crippen LogP contribution in [0.1, 0.15) is 56.9 Å². The molecule has 3 aromatic carbocycles. The number of nitriles is 1. The second kappa shape index (κ2) is 12.0. The van der Waals surface area contributed by atoms with E-state index < -0.39 is 9.84 Å². The molecule has 1 unspecified atom stereocenters. The molecular formula is C35H41N3O2S. The van der Waals surface area contributed by atoms with Crippen LogP contribution < -0.4 is 4.90 Å². The lowest BCUT2D eigenvalue weighted by Crippen LogP contribution is -2.51.